The van der Waals surface area contributed by atoms with E-state index in [-0.39, 0.29) is 5.91 Å². The van der Waals surface area contributed by atoms with Crippen LogP contribution in [0.15, 0.2) is 0 Å². The number of carbonyl (C=O) groups is 1. The highest BCUT2D eigenvalue weighted by Gasteiger charge is 2.28. The smallest absolute Gasteiger partial charge is 0.227 e. The maximum atomic E-state index is 12.8. The van der Waals surface area contributed by atoms with Crippen LogP contribution >= 0.6 is 0 Å². The summed E-state index contributed by atoms with van der Waals surface area (Å²) in [7, 11) is 0. The van der Waals surface area contributed by atoms with Crippen LogP contribution < -0.4 is 0 Å². The first-order valence-electron chi connectivity index (χ1n) is 10.0. The Morgan fingerprint density at radius 3 is 2.36 bits per heavy atom. The summed E-state index contributed by atoms with van der Waals surface area (Å²) in [5, 5.41) is 4.65. The van der Waals surface area contributed by atoms with Crippen molar-refractivity contribution in [3.05, 3.63) is 17.0 Å². The summed E-state index contributed by atoms with van der Waals surface area (Å²) in [6.07, 6.45) is 5.95. The second-order valence-electron chi connectivity index (χ2n) is 8.26. The number of hydrogen-bond acceptors (Lipinski definition) is 3. The van der Waals surface area contributed by atoms with E-state index in [4.69, 9.17) is 0 Å². The van der Waals surface area contributed by atoms with Crippen molar-refractivity contribution >= 4 is 5.91 Å². The fourth-order valence-electron chi connectivity index (χ4n) is 4.38. The van der Waals surface area contributed by atoms with E-state index >= 15 is 0 Å². The van der Waals surface area contributed by atoms with Gasteiger partial charge in [0.25, 0.3) is 0 Å². The summed E-state index contributed by atoms with van der Waals surface area (Å²) < 4.78 is 2.07. The molecule has 0 radical (unpaired) electrons. The van der Waals surface area contributed by atoms with Crippen molar-refractivity contribution < 1.29 is 4.79 Å². The molecule has 1 aromatic heterocycles. The monoisotopic (exact) mass is 346 g/mol. The molecule has 0 bridgehead atoms. The van der Waals surface area contributed by atoms with Crippen molar-refractivity contribution in [1.82, 2.24) is 19.6 Å². The van der Waals surface area contributed by atoms with Gasteiger partial charge in [0.05, 0.1) is 12.1 Å². The molecule has 1 amide bonds. The Morgan fingerprint density at radius 1 is 1.12 bits per heavy atom. The van der Waals surface area contributed by atoms with Gasteiger partial charge < -0.3 is 4.90 Å². The molecule has 5 heteroatoms. The molecule has 1 saturated carbocycles. The summed E-state index contributed by atoms with van der Waals surface area (Å²) >= 11 is 0. The topological polar surface area (TPSA) is 41.4 Å². The second kappa shape index (κ2) is 7.90. The third kappa shape index (κ3) is 4.25. The summed E-state index contributed by atoms with van der Waals surface area (Å²) in [4.78, 5) is 17.5. The number of piperazine rings is 1. The van der Waals surface area contributed by atoms with E-state index in [9.17, 15) is 4.79 Å². The quantitative estimate of drug-likeness (QED) is 0.823. The van der Waals surface area contributed by atoms with E-state index in [1.807, 2.05) is 6.92 Å². The van der Waals surface area contributed by atoms with Crippen LogP contribution in [0.2, 0.25) is 0 Å². The van der Waals surface area contributed by atoms with Crippen molar-refractivity contribution in [2.45, 2.75) is 72.4 Å². The average molecular weight is 347 g/mol. The number of hydrogen-bond donors (Lipinski definition) is 0. The van der Waals surface area contributed by atoms with Gasteiger partial charge in [-0.1, -0.05) is 26.7 Å². The molecule has 5 nitrogen and oxygen atoms in total. The van der Waals surface area contributed by atoms with Crippen molar-refractivity contribution in [2.75, 3.05) is 26.2 Å². The average Bonchev–Trinajstić information content (AvgIpc) is 3.19. The van der Waals surface area contributed by atoms with Crippen molar-refractivity contribution in [3.63, 3.8) is 0 Å². The molecule has 1 aromatic rings. The van der Waals surface area contributed by atoms with Crippen LogP contribution in [-0.2, 0) is 17.8 Å². The molecule has 3 rings (SSSR count). The van der Waals surface area contributed by atoms with Gasteiger partial charge in [-0.15, -0.1) is 0 Å². The van der Waals surface area contributed by atoms with Gasteiger partial charge >= 0.3 is 0 Å². The molecule has 0 unspecified atom stereocenters. The van der Waals surface area contributed by atoms with Crippen LogP contribution in [0.5, 0.6) is 0 Å². The normalized spacial score (nSPS) is 20.0. The number of carbonyl (C=O) groups excluding carboxylic acids is 1. The third-order valence-electron chi connectivity index (χ3n) is 5.91. The molecule has 1 aliphatic carbocycles. The van der Waals surface area contributed by atoms with Crippen LogP contribution in [0, 0.1) is 19.8 Å². The van der Waals surface area contributed by atoms with E-state index in [2.05, 4.69) is 40.4 Å². The zero-order chi connectivity index (χ0) is 18.0. The summed E-state index contributed by atoms with van der Waals surface area (Å²) in [6, 6.07) is 0.774. The van der Waals surface area contributed by atoms with Gasteiger partial charge in [-0.3, -0.25) is 14.4 Å². The van der Waals surface area contributed by atoms with Gasteiger partial charge in [0.1, 0.15) is 0 Å². The summed E-state index contributed by atoms with van der Waals surface area (Å²) in [5.74, 6) is 0.826. The zero-order valence-electron chi connectivity index (χ0n) is 16.4. The lowest BCUT2D eigenvalue weighted by Gasteiger charge is -2.38. The fraction of sp³-hybridized carbons (Fsp3) is 0.800. The largest absolute Gasteiger partial charge is 0.340 e. The number of rotatable bonds is 5. The van der Waals surface area contributed by atoms with Gasteiger partial charge in [-0.05, 0) is 32.6 Å². The van der Waals surface area contributed by atoms with Crippen LogP contribution in [0.25, 0.3) is 0 Å². The van der Waals surface area contributed by atoms with Gasteiger partial charge in [0.15, 0.2) is 0 Å². The standard InChI is InChI=1S/C20H34N4O/c1-15(2)14-24-17(4)19(16(3)21-24)13-20(25)23-11-9-22(10-12-23)18-7-5-6-8-18/h15,18H,5-14H2,1-4H3. The molecule has 140 valence electrons. The molecule has 25 heavy (non-hydrogen) atoms. The van der Waals surface area contributed by atoms with Gasteiger partial charge in [-0.25, -0.2) is 0 Å². The fourth-order valence-corrected chi connectivity index (χ4v) is 4.38. The molecule has 2 fully saturated rings. The molecule has 0 atom stereocenters. The second-order valence-corrected chi connectivity index (χ2v) is 8.26. The lowest BCUT2D eigenvalue weighted by molar-refractivity contribution is -0.132. The summed E-state index contributed by atoms with van der Waals surface area (Å²) in [5.41, 5.74) is 3.30. The first-order chi connectivity index (χ1) is 12.0. The highest BCUT2D eigenvalue weighted by atomic mass is 16.2. The SMILES string of the molecule is Cc1nn(CC(C)C)c(C)c1CC(=O)N1CCN(C2CCCC2)CC1. The minimum atomic E-state index is 0.265. The molecular formula is C20H34N4O. The van der Waals surface area contributed by atoms with Gasteiger partial charge in [0.2, 0.25) is 5.91 Å². The first kappa shape index (κ1) is 18.4. The van der Waals surface area contributed by atoms with Crippen LogP contribution in [0.1, 0.15) is 56.5 Å². The Bertz CT molecular complexity index is 593. The van der Waals surface area contributed by atoms with Crippen molar-refractivity contribution in [1.29, 1.82) is 0 Å². The maximum Gasteiger partial charge on any atom is 0.227 e. The number of aryl methyl sites for hydroxylation is 1. The molecule has 0 N–H and O–H groups in total. The highest BCUT2D eigenvalue weighted by molar-refractivity contribution is 5.79. The molecule has 0 aromatic carbocycles. The maximum absolute atomic E-state index is 12.8. The van der Waals surface area contributed by atoms with Gasteiger partial charge in [0, 0.05) is 50.0 Å². The molecule has 2 aliphatic rings. The van der Waals surface area contributed by atoms with E-state index in [1.54, 1.807) is 0 Å². The van der Waals surface area contributed by atoms with E-state index in [0.29, 0.717) is 12.3 Å². The molecule has 1 saturated heterocycles. The van der Waals surface area contributed by atoms with Crippen LogP contribution in [0.3, 0.4) is 0 Å². The highest BCUT2D eigenvalue weighted by Crippen LogP contribution is 2.24. The Labute approximate surface area is 152 Å². The molecule has 1 aliphatic heterocycles. The Kier molecular flexibility index (Phi) is 5.82. The van der Waals surface area contributed by atoms with Crippen molar-refractivity contribution in [3.8, 4) is 0 Å². The van der Waals surface area contributed by atoms with Gasteiger partial charge in [-0.2, -0.15) is 5.10 Å². The number of amides is 1. The Hall–Kier alpha value is -1.36. The summed E-state index contributed by atoms with van der Waals surface area (Å²) in [6.45, 7) is 13.3. The minimum absolute atomic E-state index is 0.265. The van der Waals surface area contributed by atoms with E-state index in [1.165, 1.54) is 25.7 Å². The lowest BCUT2D eigenvalue weighted by Crippen LogP contribution is -2.51. The Morgan fingerprint density at radius 2 is 1.76 bits per heavy atom. The number of aromatic nitrogens is 2. The van der Waals surface area contributed by atoms with Crippen LogP contribution in [-0.4, -0.2) is 57.7 Å². The minimum Gasteiger partial charge on any atom is -0.340 e. The Balaban J connectivity index is 1.57. The molecule has 2 heterocycles. The van der Waals surface area contributed by atoms with Crippen LogP contribution in [0.4, 0.5) is 0 Å². The molecule has 0 spiro atoms. The number of nitrogens with zero attached hydrogens (tertiary/aromatic N) is 4. The zero-order valence-corrected chi connectivity index (χ0v) is 16.4. The lowest BCUT2D eigenvalue weighted by atomic mass is 10.1. The first-order valence-corrected chi connectivity index (χ1v) is 10.0. The van der Waals surface area contributed by atoms with E-state index in [0.717, 1.165) is 55.7 Å². The third-order valence-corrected chi connectivity index (χ3v) is 5.91. The predicted molar refractivity (Wildman–Crippen MR) is 101 cm³/mol. The van der Waals surface area contributed by atoms with Crippen molar-refractivity contribution in [2.24, 2.45) is 5.92 Å². The molecular weight excluding hydrogens is 312 g/mol. The predicted octanol–water partition coefficient (Wildman–Crippen LogP) is 2.79. The van der Waals surface area contributed by atoms with E-state index < -0.39 is 0 Å².